The molecule has 1 aliphatic carbocycles. The highest BCUT2D eigenvalue weighted by molar-refractivity contribution is 6.31. The summed E-state index contributed by atoms with van der Waals surface area (Å²) in [5.41, 5.74) is 12.7. The smallest absolute Gasteiger partial charge is 0.256 e. The molecule has 290 valence electrons. The molecule has 2 amide bonds. The van der Waals surface area contributed by atoms with Crippen molar-refractivity contribution in [3.05, 3.63) is 83.2 Å². The van der Waals surface area contributed by atoms with E-state index in [9.17, 15) is 9.59 Å². The van der Waals surface area contributed by atoms with E-state index in [4.69, 9.17) is 32.3 Å². The first kappa shape index (κ1) is 36.1. The van der Waals surface area contributed by atoms with Gasteiger partial charge in [0, 0.05) is 90.5 Å². The van der Waals surface area contributed by atoms with Gasteiger partial charge in [-0.2, -0.15) is 19.2 Å². The van der Waals surface area contributed by atoms with Gasteiger partial charge in [0.05, 0.1) is 28.8 Å². The zero-order valence-electron chi connectivity index (χ0n) is 32.1. The fourth-order valence-corrected chi connectivity index (χ4v) is 7.44. The van der Waals surface area contributed by atoms with Crippen LogP contribution in [0.1, 0.15) is 78.9 Å². The van der Waals surface area contributed by atoms with Crippen molar-refractivity contribution in [2.45, 2.75) is 65.1 Å². The lowest BCUT2D eigenvalue weighted by atomic mass is 10.1. The summed E-state index contributed by atoms with van der Waals surface area (Å²) >= 11 is 6.47. The van der Waals surface area contributed by atoms with Crippen molar-refractivity contribution in [2.75, 3.05) is 24.2 Å². The number of pyridine rings is 2. The summed E-state index contributed by atoms with van der Waals surface area (Å²) in [5, 5.41) is 21.1. The van der Waals surface area contributed by atoms with Gasteiger partial charge in [-0.15, -0.1) is 0 Å². The summed E-state index contributed by atoms with van der Waals surface area (Å²) in [6.45, 7) is 8.92. The normalized spacial score (nSPS) is 13.2. The molecule has 8 aromatic rings. The van der Waals surface area contributed by atoms with Crippen molar-refractivity contribution >= 4 is 68.4 Å². The van der Waals surface area contributed by atoms with Crippen molar-refractivity contribution in [1.82, 2.24) is 53.6 Å². The molecule has 0 unspecified atom stereocenters. The summed E-state index contributed by atoms with van der Waals surface area (Å²) in [4.78, 5) is 45.1. The third kappa shape index (κ3) is 6.35. The van der Waals surface area contributed by atoms with Crippen LogP contribution in [0.15, 0.2) is 61.4 Å². The maximum absolute atomic E-state index is 13.4. The number of hydrogen-bond donors (Lipinski definition) is 4. The Balaban J connectivity index is 1.09. The van der Waals surface area contributed by atoms with E-state index in [1.807, 2.05) is 36.8 Å². The number of amides is 2. The summed E-state index contributed by atoms with van der Waals surface area (Å²) in [6, 6.07) is 8.32. The summed E-state index contributed by atoms with van der Waals surface area (Å²) in [6.07, 6.45) is 13.2. The SMILES string of the molecule is CNc1cc(-c2cn(C(C)C)c3ncc(CCNc4cc(-c5cn(C(C)C)c6ncc(Cl)cc56)nc5c(C(=O)NC6CC6)cnn45)cc23)nc2c(C(N)=O)cnn12. The highest BCUT2D eigenvalue weighted by atomic mass is 35.5. The highest BCUT2D eigenvalue weighted by Crippen LogP contribution is 2.36. The first-order valence-corrected chi connectivity index (χ1v) is 19.3. The number of halogens is 1. The maximum Gasteiger partial charge on any atom is 0.256 e. The quantitative estimate of drug-likeness (QED) is 0.109. The minimum Gasteiger partial charge on any atom is -0.373 e. The second-order valence-corrected chi connectivity index (χ2v) is 15.4. The molecule has 0 atom stereocenters. The lowest BCUT2D eigenvalue weighted by Gasteiger charge is -2.12. The predicted molar refractivity (Wildman–Crippen MR) is 220 cm³/mol. The number of nitrogens with one attached hydrogen (secondary N) is 3. The Kier molecular flexibility index (Phi) is 8.79. The molecule has 1 aliphatic rings. The Morgan fingerprint density at radius 1 is 0.789 bits per heavy atom. The second-order valence-electron chi connectivity index (χ2n) is 15.0. The van der Waals surface area contributed by atoms with Gasteiger partial charge in [0.25, 0.3) is 11.8 Å². The Morgan fingerprint density at radius 3 is 1.98 bits per heavy atom. The topological polar surface area (TPSA) is 192 Å². The number of nitrogens with two attached hydrogens (primary N) is 1. The van der Waals surface area contributed by atoms with E-state index >= 15 is 0 Å². The molecular weight excluding hydrogens is 744 g/mol. The van der Waals surface area contributed by atoms with E-state index in [-0.39, 0.29) is 29.6 Å². The van der Waals surface area contributed by atoms with E-state index in [2.05, 4.69) is 74.0 Å². The molecule has 17 heteroatoms. The summed E-state index contributed by atoms with van der Waals surface area (Å²) in [7, 11) is 1.79. The molecule has 1 fully saturated rings. The fraction of sp³-hybridized carbons (Fsp3) is 0.300. The minimum absolute atomic E-state index is 0.125. The Bertz CT molecular complexity index is 2900. The summed E-state index contributed by atoms with van der Waals surface area (Å²) < 4.78 is 7.46. The predicted octanol–water partition coefficient (Wildman–Crippen LogP) is 6.31. The van der Waals surface area contributed by atoms with Crippen LogP contribution in [-0.4, -0.2) is 79.7 Å². The molecule has 0 saturated heterocycles. The van der Waals surface area contributed by atoms with Gasteiger partial charge in [0.2, 0.25) is 0 Å². The van der Waals surface area contributed by atoms with Crippen molar-refractivity contribution < 1.29 is 9.59 Å². The molecule has 5 N–H and O–H groups in total. The zero-order chi connectivity index (χ0) is 39.7. The molecule has 0 aromatic carbocycles. The van der Waals surface area contributed by atoms with Gasteiger partial charge in [-0.3, -0.25) is 9.59 Å². The van der Waals surface area contributed by atoms with Crippen LogP contribution in [0.2, 0.25) is 5.02 Å². The number of aromatic nitrogens is 10. The van der Waals surface area contributed by atoms with Crippen LogP contribution in [0.5, 0.6) is 0 Å². The van der Waals surface area contributed by atoms with Gasteiger partial charge in [0.1, 0.15) is 34.1 Å². The third-order valence-corrected chi connectivity index (χ3v) is 10.6. The van der Waals surface area contributed by atoms with Crippen molar-refractivity contribution in [3.63, 3.8) is 0 Å². The number of fused-ring (bicyclic) bond motifs is 4. The molecule has 57 heavy (non-hydrogen) atoms. The first-order valence-electron chi connectivity index (χ1n) is 18.9. The van der Waals surface area contributed by atoms with Gasteiger partial charge < -0.3 is 30.8 Å². The van der Waals surface area contributed by atoms with Crippen LogP contribution < -0.4 is 21.7 Å². The molecular formula is C40H41ClN14O2. The number of rotatable bonds is 12. The molecule has 0 spiro atoms. The van der Waals surface area contributed by atoms with Crippen LogP contribution in [0.3, 0.4) is 0 Å². The number of carbonyl (C=O) groups is 2. The third-order valence-electron chi connectivity index (χ3n) is 10.4. The van der Waals surface area contributed by atoms with Crippen molar-refractivity contribution in [3.8, 4) is 22.5 Å². The molecule has 0 radical (unpaired) electrons. The van der Waals surface area contributed by atoms with E-state index in [1.54, 1.807) is 28.5 Å². The standard InChI is InChI=1S/C40H41ClN14O2/c1-20(2)52-18-29(31-12-33(43-5)54-38(50-31)27(16-47-54)35(42)56)25-10-22(14-45-36(25)52)8-9-44-34-13-32(30-19-53(21(3)4)37-26(30)11-23(41)15-46-37)51-39-28(17-48-55(34)39)40(57)49-24-6-7-24/h10-21,24,43-44H,6-9H2,1-5H3,(H2,42,56)(H,49,57). The van der Waals surface area contributed by atoms with Crippen LogP contribution in [0.4, 0.5) is 11.6 Å². The first-order chi connectivity index (χ1) is 27.5. The van der Waals surface area contributed by atoms with Crippen LogP contribution in [0.25, 0.3) is 55.9 Å². The van der Waals surface area contributed by atoms with Crippen molar-refractivity contribution in [2.24, 2.45) is 5.73 Å². The molecule has 1 saturated carbocycles. The van der Waals surface area contributed by atoms with E-state index in [0.29, 0.717) is 57.9 Å². The molecule has 16 nitrogen and oxygen atoms in total. The van der Waals surface area contributed by atoms with Gasteiger partial charge in [-0.25, -0.2) is 19.9 Å². The van der Waals surface area contributed by atoms with E-state index < -0.39 is 5.91 Å². The van der Waals surface area contributed by atoms with Crippen LogP contribution >= 0.6 is 11.6 Å². The Labute approximate surface area is 331 Å². The number of nitrogens with zero attached hydrogens (tertiary/aromatic N) is 10. The molecule has 0 aliphatic heterocycles. The Morgan fingerprint density at radius 2 is 1.37 bits per heavy atom. The molecule has 9 rings (SSSR count). The van der Waals surface area contributed by atoms with Gasteiger partial charge in [0.15, 0.2) is 11.3 Å². The summed E-state index contributed by atoms with van der Waals surface area (Å²) in [5.74, 6) is 0.525. The lowest BCUT2D eigenvalue weighted by molar-refractivity contribution is 0.0951. The van der Waals surface area contributed by atoms with E-state index in [1.165, 1.54) is 6.20 Å². The maximum atomic E-state index is 13.4. The highest BCUT2D eigenvalue weighted by Gasteiger charge is 2.27. The minimum atomic E-state index is -0.604. The number of hydrogen-bond acceptors (Lipinski definition) is 10. The number of primary amides is 1. The lowest BCUT2D eigenvalue weighted by Crippen LogP contribution is -2.25. The second kappa shape index (κ2) is 13.9. The average molecular weight is 785 g/mol. The van der Waals surface area contributed by atoms with Crippen LogP contribution in [-0.2, 0) is 6.42 Å². The van der Waals surface area contributed by atoms with Gasteiger partial charge in [-0.05, 0) is 64.7 Å². The molecule has 0 bridgehead atoms. The van der Waals surface area contributed by atoms with Crippen LogP contribution in [0, 0.1) is 0 Å². The largest absolute Gasteiger partial charge is 0.373 e. The Hall–Kier alpha value is -6.55. The number of carbonyl (C=O) groups excluding carboxylic acids is 2. The number of anilines is 2. The average Bonchev–Trinajstić information content (AvgIpc) is 3.52. The van der Waals surface area contributed by atoms with Gasteiger partial charge >= 0.3 is 0 Å². The fourth-order valence-electron chi connectivity index (χ4n) is 7.28. The zero-order valence-corrected chi connectivity index (χ0v) is 32.8. The van der Waals surface area contributed by atoms with Gasteiger partial charge in [-0.1, -0.05) is 11.6 Å². The van der Waals surface area contributed by atoms with Crippen molar-refractivity contribution in [1.29, 1.82) is 0 Å². The molecule has 8 aromatic heterocycles. The van der Waals surface area contributed by atoms with E-state index in [0.717, 1.165) is 51.6 Å². The monoisotopic (exact) mass is 784 g/mol. The molecule has 8 heterocycles.